The third-order valence-electron chi connectivity index (χ3n) is 6.71. The number of nitrogens with one attached hydrogen (secondary N) is 1. The first-order valence-corrected chi connectivity index (χ1v) is 14.5. The van der Waals surface area contributed by atoms with Crippen LogP contribution in [0.1, 0.15) is 53.9 Å². The van der Waals surface area contributed by atoms with Crippen LogP contribution in [0.15, 0.2) is 72.8 Å². The number of hydrogen-bond acceptors (Lipinski definition) is 7. The van der Waals surface area contributed by atoms with Gasteiger partial charge in [0.05, 0.1) is 31.8 Å². The van der Waals surface area contributed by atoms with Crippen molar-refractivity contribution in [1.82, 2.24) is 5.32 Å². The van der Waals surface area contributed by atoms with Crippen molar-refractivity contribution in [3.63, 3.8) is 0 Å². The zero-order valence-electron chi connectivity index (χ0n) is 22.2. The van der Waals surface area contributed by atoms with Crippen LogP contribution in [0.25, 0.3) is 11.1 Å². The number of carbonyl (C=O) groups excluding carboxylic acids is 1. The van der Waals surface area contributed by atoms with Gasteiger partial charge < -0.3 is 30.1 Å². The van der Waals surface area contributed by atoms with Crippen LogP contribution in [0.4, 0.5) is 0 Å². The molecule has 1 heterocycles. The lowest BCUT2D eigenvalue weighted by molar-refractivity contribution is -0.245. The third kappa shape index (κ3) is 8.39. The summed E-state index contributed by atoms with van der Waals surface area (Å²) in [4.78, 5) is 22.8. The lowest BCUT2D eigenvalue weighted by Gasteiger charge is -2.36. The van der Waals surface area contributed by atoms with Crippen molar-refractivity contribution < 1.29 is 34.4 Å². The van der Waals surface area contributed by atoms with E-state index in [-0.39, 0.29) is 44.2 Å². The average molecular weight is 566 g/mol. The van der Waals surface area contributed by atoms with Crippen LogP contribution in [0.5, 0.6) is 0 Å². The van der Waals surface area contributed by atoms with Crippen LogP contribution < -0.4 is 5.32 Å². The van der Waals surface area contributed by atoms with E-state index in [9.17, 15) is 19.8 Å². The Morgan fingerprint density at radius 1 is 0.900 bits per heavy atom. The highest BCUT2D eigenvalue weighted by Gasteiger charge is 2.32. The molecule has 0 spiro atoms. The van der Waals surface area contributed by atoms with Gasteiger partial charge in [0.15, 0.2) is 6.29 Å². The van der Waals surface area contributed by atoms with Gasteiger partial charge in [-0.25, -0.2) is 0 Å². The maximum Gasteiger partial charge on any atom is 0.303 e. The molecule has 8 nitrogen and oxygen atoms in total. The molecule has 3 aromatic carbocycles. The number of carboxylic acids is 1. The third-order valence-corrected chi connectivity index (χ3v) is 7.79. The molecule has 1 aliphatic heterocycles. The highest BCUT2D eigenvalue weighted by Crippen LogP contribution is 2.39. The fourth-order valence-corrected chi connectivity index (χ4v) is 5.35. The predicted molar refractivity (Wildman–Crippen MR) is 153 cm³/mol. The summed E-state index contributed by atoms with van der Waals surface area (Å²) in [5.41, 5.74) is 5.63. The highest BCUT2D eigenvalue weighted by atomic mass is 32.2. The van der Waals surface area contributed by atoms with Crippen molar-refractivity contribution >= 4 is 23.6 Å². The number of carboxylic acid groups (broad SMARTS) is 1. The summed E-state index contributed by atoms with van der Waals surface area (Å²) >= 11 is 1.65. The molecule has 1 fully saturated rings. The number of aliphatic hydroxyl groups excluding tert-OH is 2. The number of aliphatic hydroxyl groups is 2. The van der Waals surface area contributed by atoms with Crippen molar-refractivity contribution in [2.24, 2.45) is 0 Å². The van der Waals surface area contributed by atoms with Gasteiger partial charge in [-0.3, -0.25) is 9.59 Å². The van der Waals surface area contributed by atoms with Crippen LogP contribution >= 0.6 is 11.8 Å². The van der Waals surface area contributed by atoms with Crippen LogP contribution in [0.2, 0.25) is 0 Å². The molecule has 1 aliphatic rings. The Morgan fingerprint density at radius 2 is 1.62 bits per heavy atom. The summed E-state index contributed by atoms with van der Waals surface area (Å²) in [6.45, 7) is 0.415. The Morgan fingerprint density at radius 3 is 2.33 bits per heavy atom. The molecule has 4 rings (SSSR count). The molecule has 0 bridgehead atoms. The van der Waals surface area contributed by atoms with Gasteiger partial charge in [-0.05, 0) is 27.8 Å². The van der Waals surface area contributed by atoms with E-state index in [1.165, 1.54) is 0 Å². The van der Waals surface area contributed by atoms with Gasteiger partial charge in [0.1, 0.15) is 0 Å². The van der Waals surface area contributed by atoms with Crippen LogP contribution in [0, 0.1) is 0 Å². The largest absolute Gasteiger partial charge is 0.481 e. The van der Waals surface area contributed by atoms with Gasteiger partial charge >= 0.3 is 5.97 Å². The molecular weight excluding hydrogens is 530 g/mol. The van der Waals surface area contributed by atoms with Gasteiger partial charge in [0, 0.05) is 36.5 Å². The monoisotopic (exact) mass is 565 g/mol. The Kier molecular flexibility index (Phi) is 11.1. The van der Waals surface area contributed by atoms with Crippen molar-refractivity contribution in [3.05, 3.63) is 95.1 Å². The van der Waals surface area contributed by atoms with E-state index in [4.69, 9.17) is 14.6 Å². The summed E-state index contributed by atoms with van der Waals surface area (Å²) in [6.07, 6.45) is -0.347. The molecule has 40 heavy (non-hydrogen) atoms. The van der Waals surface area contributed by atoms with Gasteiger partial charge in [0.2, 0.25) is 5.91 Å². The molecule has 0 aliphatic carbocycles. The molecular formula is C31H35NO7S. The molecule has 0 saturated carbocycles. The van der Waals surface area contributed by atoms with E-state index in [1.54, 1.807) is 11.8 Å². The summed E-state index contributed by atoms with van der Waals surface area (Å²) in [5.74, 6) is 0.0964. The van der Waals surface area contributed by atoms with Crippen molar-refractivity contribution in [2.75, 3.05) is 18.1 Å². The Bertz CT molecular complexity index is 1250. The molecule has 1 amide bonds. The normalized spacial score (nSPS) is 18.8. The standard InChI is InChI=1S/C31H35NO7S/c33-15-16-40-20-26-17-28(23-7-5-21(19-34)6-8-23)39-31(38-26)24-11-9-22(10-12-24)27-4-2-1-3-25(27)18-32-29(35)13-14-30(36)37/h1-12,26,28,31,33-34H,13-20H2,(H,32,35)(H,36,37)/t26-,28+,31+/m1/s1. The average Bonchev–Trinajstić information content (AvgIpc) is 2.99. The Hall–Kier alpha value is -3.21. The first kappa shape index (κ1) is 29.8. The number of thioether (sulfide) groups is 1. The summed E-state index contributed by atoms with van der Waals surface area (Å²) in [7, 11) is 0. The molecule has 4 N–H and O–H groups in total. The fourth-order valence-electron chi connectivity index (χ4n) is 4.58. The first-order valence-electron chi connectivity index (χ1n) is 13.3. The second kappa shape index (κ2) is 15.0. The minimum atomic E-state index is -0.997. The highest BCUT2D eigenvalue weighted by molar-refractivity contribution is 7.99. The molecule has 1 saturated heterocycles. The summed E-state index contributed by atoms with van der Waals surface area (Å²) < 4.78 is 12.7. The summed E-state index contributed by atoms with van der Waals surface area (Å²) in [6, 6.07) is 23.5. The zero-order chi connectivity index (χ0) is 28.3. The number of carbonyl (C=O) groups is 2. The van der Waals surface area contributed by atoms with Gasteiger partial charge in [0.25, 0.3) is 0 Å². The van der Waals surface area contributed by atoms with Crippen LogP contribution in [-0.4, -0.2) is 51.4 Å². The van der Waals surface area contributed by atoms with E-state index < -0.39 is 12.3 Å². The Labute approximate surface area is 238 Å². The van der Waals surface area contributed by atoms with Crippen LogP contribution in [0.3, 0.4) is 0 Å². The second-order valence-corrected chi connectivity index (χ2v) is 10.7. The van der Waals surface area contributed by atoms with Crippen molar-refractivity contribution in [2.45, 2.75) is 50.9 Å². The number of benzene rings is 3. The number of hydrogen-bond donors (Lipinski definition) is 4. The minimum Gasteiger partial charge on any atom is -0.481 e. The Balaban J connectivity index is 1.48. The van der Waals surface area contributed by atoms with Crippen LogP contribution in [-0.2, 0) is 32.2 Å². The lowest BCUT2D eigenvalue weighted by atomic mass is 9.97. The SMILES string of the molecule is O=C(O)CCC(=O)NCc1ccccc1-c1ccc([C@H]2O[C@@H](CSCCO)C[C@@H](c3ccc(CO)cc3)O2)cc1. The molecule has 0 unspecified atom stereocenters. The fraction of sp³-hybridized carbons (Fsp3) is 0.355. The summed E-state index contributed by atoms with van der Waals surface area (Å²) in [5, 5.41) is 30.2. The van der Waals surface area contributed by atoms with Gasteiger partial charge in [-0.1, -0.05) is 72.8 Å². The quantitative estimate of drug-likeness (QED) is 0.222. The molecule has 3 aromatic rings. The molecule has 0 radical (unpaired) electrons. The van der Waals surface area contributed by atoms with E-state index in [1.807, 2.05) is 72.8 Å². The van der Waals surface area contributed by atoms with E-state index in [0.717, 1.165) is 39.1 Å². The molecule has 212 valence electrons. The predicted octanol–water partition coefficient (Wildman–Crippen LogP) is 4.60. The molecule has 3 atom stereocenters. The maximum atomic E-state index is 12.0. The maximum absolute atomic E-state index is 12.0. The van der Waals surface area contributed by atoms with E-state index in [0.29, 0.717) is 18.7 Å². The van der Waals surface area contributed by atoms with Gasteiger partial charge in [-0.15, -0.1) is 0 Å². The number of ether oxygens (including phenoxy) is 2. The molecule has 0 aromatic heterocycles. The smallest absolute Gasteiger partial charge is 0.303 e. The topological polar surface area (TPSA) is 125 Å². The minimum absolute atomic E-state index is 0.00939. The van der Waals surface area contributed by atoms with E-state index in [2.05, 4.69) is 5.32 Å². The van der Waals surface area contributed by atoms with E-state index >= 15 is 0 Å². The lowest BCUT2D eigenvalue weighted by Crippen LogP contribution is -2.31. The van der Waals surface area contributed by atoms with Crippen molar-refractivity contribution in [3.8, 4) is 11.1 Å². The van der Waals surface area contributed by atoms with Crippen molar-refractivity contribution in [1.29, 1.82) is 0 Å². The number of rotatable bonds is 13. The van der Waals surface area contributed by atoms with Gasteiger partial charge in [-0.2, -0.15) is 11.8 Å². The zero-order valence-corrected chi connectivity index (χ0v) is 23.0. The number of amides is 1. The second-order valence-electron chi connectivity index (χ2n) is 9.60. The number of aliphatic carboxylic acids is 1. The molecule has 9 heteroatoms. The first-order chi connectivity index (χ1) is 19.5.